The van der Waals surface area contributed by atoms with E-state index in [0.717, 1.165) is 30.1 Å². The van der Waals surface area contributed by atoms with Crippen molar-refractivity contribution in [3.63, 3.8) is 0 Å². The Morgan fingerprint density at radius 2 is 2.00 bits per heavy atom. The van der Waals surface area contributed by atoms with Gasteiger partial charge in [-0.1, -0.05) is 25.1 Å². The molecule has 0 aliphatic rings. The molecule has 4 heteroatoms. The number of aryl methyl sites for hydroxylation is 1. The van der Waals surface area contributed by atoms with Crippen LogP contribution in [0.5, 0.6) is 11.8 Å². The highest BCUT2D eigenvalue weighted by Gasteiger charge is 2.04. The summed E-state index contributed by atoms with van der Waals surface area (Å²) in [5.41, 5.74) is 2.04. The lowest BCUT2D eigenvalue weighted by Gasteiger charge is -2.08. The molecule has 94 valence electrons. The van der Waals surface area contributed by atoms with Crippen LogP contribution >= 0.6 is 0 Å². The molecule has 0 radical (unpaired) electrons. The smallest absolute Gasteiger partial charge is 0.322 e. The summed E-state index contributed by atoms with van der Waals surface area (Å²) in [6.07, 6.45) is 1.81. The number of hydrogen-bond acceptors (Lipinski definition) is 4. The molecule has 0 bridgehead atoms. The quantitative estimate of drug-likeness (QED) is 0.877. The van der Waals surface area contributed by atoms with Crippen molar-refractivity contribution < 1.29 is 4.74 Å². The molecule has 4 nitrogen and oxygen atoms in total. The van der Waals surface area contributed by atoms with Crippen LogP contribution in [0.1, 0.15) is 18.2 Å². The minimum Gasteiger partial charge on any atom is -0.424 e. The zero-order valence-corrected chi connectivity index (χ0v) is 10.7. The van der Waals surface area contributed by atoms with Crippen LogP contribution in [-0.2, 0) is 6.54 Å². The fourth-order valence-corrected chi connectivity index (χ4v) is 1.55. The van der Waals surface area contributed by atoms with Gasteiger partial charge in [0.15, 0.2) is 0 Å². The van der Waals surface area contributed by atoms with Gasteiger partial charge in [-0.3, -0.25) is 0 Å². The maximum atomic E-state index is 5.58. The Kier molecular flexibility index (Phi) is 4.25. The minimum absolute atomic E-state index is 0.388. The van der Waals surface area contributed by atoms with Crippen molar-refractivity contribution in [3.8, 4) is 11.8 Å². The van der Waals surface area contributed by atoms with Gasteiger partial charge in [-0.25, -0.2) is 4.98 Å². The van der Waals surface area contributed by atoms with Gasteiger partial charge in [0.1, 0.15) is 5.75 Å². The molecule has 0 aliphatic carbocycles. The fourth-order valence-electron chi connectivity index (χ4n) is 1.55. The Bertz CT molecular complexity index is 500. The first-order valence-corrected chi connectivity index (χ1v) is 6.05. The van der Waals surface area contributed by atoms with Crippen LogP contribution in [0.2, 0.25) is 0 Å². The number of para-hydroxylation sites is 1. The average Bonchev–Trinajstić information content (AvgIpc) is 2.39. The second-order valence-electron chi connectivity index (χ2n) is 3.96. The van der Waals surface area contributed by atoms with Gasteiger partial charge in [0.2, 0.25) is 0 Å². The highest BCUT2D eigenvalue weighted by Crippen LogP contribution is 2.17. The predicted octanol–water partition coefficient (Wildman–Crippen LogP) is 2.69. The SMILES string of the molecule is CCNCc1cnc(Oc2ccccc2)nc1C. The van der Waals surface area contributed by atoms with E-state index in [1.807, 2.05) is 43.5 Å². The topological polar surface area (TPSA) is 47.0 Å². The summed E-state index contributed by atoms with van der Waals surface area (Å²) >= 11 is 0. The van der Waals surface area contributed by atoms with E-state index in [1.54, 1.807) is 0 Å². The highest BCUT2D eigenvalue weighted by atomic mass is 16.5. The second-order valence-corrected chi connectivity index (χ2v) is 3.96. The zero-order valence-electron chi connectivity index (χ0n) is 10.7. The molecule has 1 aromatic heterocycles. The van der Waals surface area contributed by atoms with Crippen LogP contribution in [-0.4, -0.2) is 16.5 Å². The Labute approximate surface area is 107 Å². The van der Waals surface area contributed by atoms with Gasteiger partial charge in [-0.15, -0.1) is 0 Å². The number of aromatic nitrogens is 2. The minimum atomic E-state index is 0.388. The van der Waals surface area contributed by atoms with Gasteiger partial charge >= 0.3 is 6.01 Å². The van der Waals surface area contributed by atoms with E-state index in [1.165, 1.54) is 0 Å². The predicted molar refractivity (Wildman–Crippen MR) is 70.7 cm³/mol. The molecule has 2 rings (SSSR count). The molecule has 0 unspecified atom stereocenters. The summed E-state index contributed by atoms with van der Waals surface area (Å²) in [7, 11) is 0. The van der Waals surface area contributed by atoms with Crippen molar-refractivity contribution in [3.05, 3.63) is 47.8 Å². The number of hydrogen-bond donors (Lipinski definition) is 1. The van der Waals surface area contributed by atoms with Crippen LogP contribution in [0.4, 0.5) is 0 Å². The number of nitrogens with one attached hydrogen (secondary N) is 1. The van der Waals surface area contributed by atoms with E-state index in [0.29, 0.717) is 6.01 Å². The van der Waals surface area contributed by atoms with Crippen LogP contribution in [0.15, 0.2) is 36.5 Å². The van der Waals surface area contributed by atoms with Crippen molar-refractivity contribution in [2.45, 2.75) is 20.4 Å². The Hall–Kier alpha value is -1.94. The van der Waals surface area contributed by atoms with Crippen molar-refractivity contribution in [2.24, 2.45) is 0 Å². The Morgan fingerprint density at radius 3 is 2.67 bits per heavy atom. The first-order valence-electron chi connectivity index (χ1n) is 6.05. The summed E-state index contributed by atoms with van der Waals surface area (Å²) < 4.78 is 5.58. The van der Waals surface area contributed by atoms with Gasteiger partial charge in [0, 0.05) is 24.0 Å². The summed E-state index contributed by atoms with van der Waals surface area (Å²) in [6, 6.07) is 9.93. The normalized spacial score (nSPS) is 10.3. The highest BCUT2D eigenvalue weighted by molar-refractivity contribution is 5.25. The lowest BCUT2D eigenvalue weighted by atomic mass is 10.2. The summed E-state index contributed by atoms with van der Waals surface area (Å²) in [5.74, 6) is 0.747. The summed E-state index contributed by atoms with van der Waals surface area (Å²) in [4.78, 5) is 8.56. The zero-order chi connectivity index (χ0) is 12.8. The van der Waals surface area contributed by atoms with Gasteiger partial charge < -0.3 is 10.1 Å². The van der Waals surface area contributed by atoms with Crippen LogP contribution in [0, 0.1) is 6.92 Å². The van der Waals surface area contributed by atoms with Crippen molar-refractivity contribution in [1.29, 1.82) is 0 Å². The third-order valence-electron chi connectivity index (χ3n) is 2.58. The van der Waals surface area contributed by atoms with E-state index in [4.69, 9.17) is 4.74 Å². The number of ether oxygens (including phenoxy) is 1. The standard InChI is InChI=1S/C14H17N3O/c1-3-15-9-12-10-16-14(17-11(12)2)18-13-7-5-4-6-8-13/h4-8,10,15H,3,9H2,1-2H3. The van der Waals surface area contributed by atoms with Gasteiger partial charge in [-0.2, -0.15) is 4.98 Å². The largest absolute Gasteiger partial charge is 0.424 e. The van der Waals surface area contributed by atoms with E-state index in [2.05, 4.69) is 22.2 Å². The van der Waals surface area contributed by atoms with E-state index in [9.17, 15) is 0 Å². The Morgan fingerprint density at radius 1 is 1.22 bits per heavy atom. The summed E-state index contributed by atoms with van der Waals surface area (Å²) in [6.45, 7) is 5.75. The van der Waals surface area contributed by atoms with Crippen LogP contribution < -0.4 is 10.1 Å². The van der Waals surface area contributed by atoms with Crippen LogP contribution in [0.3, 0.4) is 0 Å². The molecule has 18 heavy (non-hydrogen) atoms. The maximum Gasteiger partial charge on any atom is 0.322 e. The van der Waals surface area contributed by atoms with Gasteiger partial charge in [0.05, 0.1) is 0 Å². The molecular formula is C14H17N3O. The molecule has 0 aliphatic heterocycles. The fraction of sp³-hybridized carbons (Fsp3) is 0.286. The average molecular weight is 243 g/mol. The molecular weight excluding hydrogens is 226 g/mol. The molecule has 0 atom stereocenters. The first-order chi connectivity index (χ1) is 8.79. The molecule has 0 spiro atoms. The molecule has 0 amide bonds. The van der Waals surface area contributed by atoms with E-state index in [-0.39, 0.29) is 0 Å². The lowest BCUT2D eigenvalue weighted by molar-refractivity contribution is 0.439. The third kappa shape index (κ3) is 3.28. The van der Waals surface area contributed by atoms with Crippen molar-refractivity contribution >= 4 is 0 Å². The molecule has 0 saturated heterocycles. The monoisotopic (exact) mass is 243 g/mol. The molecule has 1 heterocycles. The molecule has 1 aromatic carbocycles. The maximum absolute atomic E-state index is 5.58. The van der Waals surface area contributed by atoms with Crippen LogP contribution in [0.25, 0.3) is 0 Å². The third-order valence-corrected chi connectivity index (χ3v) is 2.58. The van der Waals surface area contributed by atoms with Crippen molar-refractivity contribution in [2.75, 3.05) is 6.54 Å². The molecule has 2 aromatic rings. The lowest BCUT2D eigenvalue weighted by Crippen LogP contribution is -2.13. The van der Waals surface area contributed by atoms with Gasteiger partial charge in [-0.05, 0) is 25.6 Å². The van der Waals surface area contributed by atoms with Gasteiger partial charge in [0.25, 0.3) is 0 Å². The van der Waals surface area contributed by atoms with E-state index >= 15 is 0 Å². The Balaban J connectivity index is 2.09. The number of rotatable bonds is 5. The number of benzene rings is 1. The first kappa shape index (κ1) is 12.5. The number of nitrogens with zero attached hydrogens (tertiary/aromatic N) is 2. The molecule has 0 saturated carbocycles. The van der Waals surface area contributed by atoms with E-state index < -0.39 is 0 Å². The second kappa shape index (κ2) is 6.12. The summed E-state index contributed by atoms with van der Waals surface area (Å²) in [5, 5.41) is 3.25. The molecule has 0 fully saturated rings. The van der Waals surface area contributed by atoms with Crippen molar-refractivity contribution in [1.82, 2.24) is 15.3 Å². The molecule has 1 N–H and O–H groups in total.